The highest BCUT2D eigenvalue weighted by Crippen LogP contribution is 2.37. The Hall–Kier alpha value is -2.57. The van der Waals surface area contributed by atoms with Gasteiger partial charge in [0.05, 0.1) is 0 Å². The fourth-order valence-electron chi connectivity index (χ4n) is 4.12. The van der Waals surface area contributed by atoms with Crippen molar-refractivity contribution >= 4 is 5.91 Å². The zero-order chi connectivity index (χ0) is 18.7. The fourth-order valence-corrected chi connectivity index (χ4v) is 4.12. The Kier molecular flexibility index (Phi) is 5.01. The van der Waals surface area contributed by atoms with Crippen molar-refractivity contribution in [3.05, 3.63) is 36.4 Å². The molecule has 0 spiro atoms. The zero-order valence-corrected chi connectivity index (χ0v) is 15.8. The van der Waals surface area contributed by atoms with Crippen molar-refractivity contribution in [2.75, 3.05) is 19.9 Å². The van der Waals surface area contributed by atoms with E-state index in [4.69, 9.17) is 9.47 Å². The minimum absolute atomic E-state index is 0.0908. The minimum Gasteiger partial charge on any atom is -0.454 e. The lowest BCUT2D eigenvalue weighted by Gasteiger charge is -2.41. The third-order valence-electron chi connectivity index (χ3n) is 5.45. The number of hydrogen-bond donors (Lipinski definition) is 0. The number of nitrogens with zero attached hydrogens (tertiary/aromatic N) is 4. The highest BCUT2D eigenvalue weighted by Gasteiger charge is 2.33. The van der Waals surface area contributed by atoms with Crippen LogP contribution in [-0.2, 0) is 17.8 Å². The first-order valence-electron chi connectivity index (χ1n) is 9.60. The van der Waals surface area contributed by atoms with Gasteiger partial charge in [0.25, 0.3) is 0 Å². The van der Waals surface area contributed by atoms with Crippen LogP contribution in [-0.4, -0.2) is 45.5 Å². The normalized spacial score (nSPS) is 21.4. The van der Waals surface area contributed by atoms with Gasteiger partial charge < -0.3 is 14.4 Å². The average molecular weight is 370 g/mol. The van der Waals surface area contributed by atoms with Crippen molar-refractivity contribution in [1.82, 2.24) is 19.7 Å². The molecule has 1 aromatic heterocycles. The van der Waals surface area contributed by atoms with E-state index in [-0.39, 0.29) is 11.3 Å². The molecular formula is C20H26N4O3. The van der Waals surface area contributed by atoms with Gasteiger partial charge in [0.1, 0.15) is 12.7 Å². The summed E-state index contributed by atoms with van der Waals surface area (Å²) in [7, 11) is 0. The van der Waals surface area contributed by atoms with Crippen LogP contribution in [0, 0.1) is 5.41 Å². The number of aromatic nitrogens is 3. The first kappa shape index (κ1) is 17.8. The number of rotatable bonds is 6. The molecule has 1 aromatic carbocycles. The summed E-state index contributed by atoms with van der Waals surface area (Å²) in [6.07, 6.45) is 7.67. The number of benzene rings is 1. The molecule has 0 saturated carbocycles. The lowest BCUT2D eigenvalue weighted by Crippen LogP contribution is -2.45. The third-order valence-corrected chi connectivity index (χ3v) is 5.45. The number of carbonyl (C=O) groups excluding carboxylic acids is 1. The molecule has 1 atom stereocenters. The predicted octanol–water partition coefficient (Wildman–Crippen LogP) is 2.66. The topological polar surface area (TPSA) is 69.5 Å². The maximum atomic E-state index is 12.7. The monoisotopic (exact) mass is 370 g/mol. The Morgan fingerprint density at radius 3 is 3.04 bits per heavy atom. The van der Waals surface area contributed by atoms with Crippen LogP contribution in [0.2, 0.25) is 0 Å². The third kappa shape index (κ3) is 4.23. The molecule has 2 aliphatic rings. The van der Waals surface area contributed by atoms with E-state index in [1.54, 1.807) is 11.0 Å². The number of piperidine rings is 1. The predicted molar refractivity (Wildman–Crippen MR) is 99.4 cm³/mol. The van der Waals surface area contributed by atoms with Gasteiger partial charge in [0.2, 0.25) is 12.7 Å². The van der Waals surface area contributed by atoms with E-state index in [0.29, 0.717) is 13.2 Å². The number of aryl methyl sites for hydroxylation is 1. The average Bonchev–Trinajstić information content (AvgIpc) is 3.32. The van der Waals surface area contributed by atoms with Gasteiger partial charge in [-0.2, -0.15) is 5.10 Å². The second-order valence-electron chi connectivity index (χ2n) is 7.86. The molecule has 1 amide bonds. The van der Waals surface area contributed by atoms with E-state index in [0.717, 1.165) is 56.8 Å². The quantitative estimate of drug-likeness (QED) is 0.782. The van der Waals surface area contributed by atoms with E-state index in [2.05, 4.69) is 29.1 Å². The second-order valence-corrected chi connectivity index (χ2v) is 7.86. The molecule has 0 aliphatic carbocycles. The Morgan fingerprint density at radius 1 is 1.30 bits per heavy atom. The van der Waals surface area contributed by atoms with Gasteiger partial charge >= 0.3 is 0 Å². The standard InChI is InChI=1S/C20H26N4O3/c1-20(11-16-5-6-17-18(10-16)27-15-26-17)7-3-8-23(12-20)19(25)4-2-9-24-14-21-13-22-24/h5-6,10,13-14H,2-4,7-9,11-12,15H2,1H3/t20-/m1/s1. The van der Waals surface area contributed by atoms with Crippen LogP contribution in [0.15, 0.2) is 30.9 Å². The van der Waals surface area contributed by atoms with Crippen LogP contribution in [0.25, 0.3) is 0 Å². The summed E-state index contributed by atoms with van der Waals surface area (Å²) in [6.45, 7) is 4.98. The summed E-state index contributed by atoms with van der Waals surface area (Å²) < 4.78 is 12.7. The molecule has 0 radical (unpaired) electrons. The van der Waals surface area contributed by atoms with Crippen LogP contribution in [0.4, 0.5) is 0 Å². The van der Waals surface area contributed by atoms with E-state index >= 15 is 0 Å². The lowest BCUT2D eigenvalue weighted by molar-refractivity contribution is -0.134. The van der Waals surface area contributed by atoms with Crippen molar-refractivity contribution < 1.29 is 14.3 Å². The van der Waals surface area contributed by atoms with Gasteiger partial charge in [-0.1, -0.05) is 13.0 Å². The highest BCUT2D eigenvalue weighted by molar-refractivity contribution is 5.76. The number of likely N-dealkylation sites (tertiary alicyclic amines) is 1. The number of carbonyl (C=O) groups is 1. The van der Waals surface area contributed by atoms with Crippen LogP contribution in [0.5, 0.6) is 11.5 Å². The Morgan fingerprint density at radius 2 is 2.19 bits per heavy atom. The summed E-state index contributed by atoms with van der Waals surface area (Å²) in [5.74, 6) is 1.89. The molecule has 1 saturated heterocycles. The summed E-state index contributed by atoms with van der Waals surface area (Å²) in [5.41, 5.74) is 1.33. The Labute approximate surface area is 159 Å². The first-order valence-corrected chi connectivity index (χ1v) is 9.60. The number of amides is 1. The van der Waals surface area contributed by atoms with Crippen LogP contribution in [0.1, 0.15) is 38.2 Å². The summed E-state index contributed by atoms with van der Waals surface area (Å²) in [6, 6.07) is 6.17. The molecule has 3 heterocycles. The molecule has 7 heteroatoms. The maximum absolute atomic E-state index is 12.7. The van der Waals surface area contributed by atoms with Crippen molar-refractivity contribution in [1.29, 1.82) is 0 Å². The fraction of sp³-hybridized carbons (Fsp3) is 0.550. The van der Waals surface area contributed by atoms with Crippen molar-refractivity contribution in [2.24, 2.45) is 5.41 Å². The Balaban J connectivity index is 1.32. The molecule has 0 N–H and O–H groups in total. The maximum Gasteiger partial charge on any atom is 0.231 e. The van der Waals surface area contributed by atoms with Gasteiger partial charge in [-0.15, -0.1) is 0 Å². The molecule has 2 aromatic rings. The van der Waals surface area contributed by atoms with Crippen LogP contribution in [0.3, 0.4) is 0 Å². The van der Waals surface area contributed by atoms with Gasteiger partial charge in [0, 0.05) is 26.1 Å². The van der Waals surface area contributed by atoms with Crippen molar-refractivity contribution in [2.45, 2.75) is 45.6 Å². The van der Waals surface area contributed by atoms with E-state index in [1.807, 2.05) is 11.0 Å². The van der Waals surface area contributed by atoms with Crippen molar-refractivity contribution in [3.8, 4) is 11.5 Å². The van der Waals surface area contributed by atoms with Gasteiger partial charge in [-0.25, -0.2) is 4.98 Å². The van der Waals surface area contributed by atoms with Crippen molar-refractivity contribution in [3.63, 3.8) is 0 Å². The summed E-state index contributed by atoms with van der Waals surface area (Å²) in [4.78, 5) is 18.6. The molecule has 2 aliphatic heterocycles. The van der Waals surface area contributed by atoms with Gasteiger partial charge in [-0.05, 0) is 48.8 Å². The van der Waals surface area contributed by atoms with Crippen LogP contribution >= 0.6 is 0 Å². The molecular weight excluding hydrogens is 344 g/mol. The van der Waals surface area contributed by atoms with E-state index in [9.17, 15) is 4.79 Å². The van der Waals surface area contributed by atoms with E-state index < -0.39 is 0 Å². The lowest BCUT2D eigenvalue weighted by atomic mass is 9.77. The minimum atomic E-state index is 0.0908. The molecule has 144 valence electrons. The van der Waals surface area contributed by atoms with Gasteiger partial charge in [-0.3, -0.25) is 9.48 Å². The second kappa shape index (κ2) is 7.58. The summed E-state index contributed by atoms with van der Waals surface area (Å²) >= 11 is 0. The van der Waals surface area contributed by atoms with Gasteiger partial charge in [0.15, 0.2) is 11.5 Å². The highest BCUT2D eigenvalue weighted by atomic mass is 16.7. The smallest absolute Gasteiger partial charge is 0.231 e. The van der Waals surface area contributed by atoms with Crippen LogP contribution < -0.4 is 9.47 Å². The summed E-state index contributed by atoms with van der Waals surface area (Å²) in [5, 5.41) is 4.08. The Bertz CT molecular complexity index is 793. The molecule has 0 bridgehead atoms. The number of ether oxygens (including phenoxy) is 2. The molecule has 27 heavy (non-hydrogen) atoms. The molecule has 7 nitrogen and oxygen atoms in total. The van der Waals surface area contributed by atoms with E-state index in [1.165, 1.54) is 11.9 Å². The molecule has 1 fully saturated rings. The number of fused-ring (bicyclic) bond motifs is 1. The molecule has 4 rings (SSSR count). The largest absolute Gasteiger partial charge is 0.454 e. The molecule has 0 unspecified atom stereocenters. The zero-order valence-electron chi connectivity index (χ0n) is 15.8. The SMILES string of the molecule is C[C@]1(Cc2ccc3c(c2)OCO3)CCCN(C(=O)CCCn2cncn2)C1. The first-order chi connectivity index (χ1) is 13.1. The number of hydrogen-bond acceptors (Lipinski definition) is 5.